The second-order valence-corrected chi connectivity index (χ2v) is 4.55. The van der Waals surface area contributed by atoms with Crippen molar-refractivity contribution < 1.29 is 14.7 Å². The van der Waals surface area contributed by atoms with Crippen LogP contribution in [0.25, 0.3) is 10.8 Å². The molecular weight excluding hydrogens is 256 g/mol. The maximum absolute atomic E-state index is 11.4. The number of amides is 2. The molecule has 5 nitrogen and oxygen atoms in total. The van der Waals surface area contributed by atoms with Gasteiger partial charge in [0.15, 0.2) is 0 Å². The summed E-state index contributed by atoms with van der Waals surface area (Å²) < 4.78 is 5.18. The lowest BCUT2D eigenvalue weighted by Crippen LogP contribution is -2.37. The molecule has 106 valence electrons. The summed E-state index contributed by atoms with van der Waals surface area (Å²) in [4.78, 5) is 11.4. The number of hydrogen-bond donors (Lipinski definition) is 2. The van der Waals surface area contributed by atoms with Crippen molar-refractivity contribution in [2.75, 3.05) is 14.2 Å². The molecule has 0 aliphatic carbocycles. The Morgan fingerprint density at radius 1 is 1.25 bits per heavy atom. The highest BCUT2D eigenvalue weighted by Gasteiger charge is 2.18. The van der Waals surface area contributed by atoms with Crippen LogP contribution in [-0.4, -0.2) is 30.5 Å². The van der Waals surface area contributed by atoms with Gasteiger partial charge in [0.25, 0.3) is 0 Å². The van der Waals surface area contributed by atoms with Gasteiger partial charge >= 0.3 is 6.03 Å². The maximum Gasteiger partial charge on any atom is 0.341 e. The van der Waals surface area contributed by atoms with Gasteiger partial charge in [-0.05, 0) is 41.5 Å². The number of urea groups is 1. The van der Waals surface area contributed by atoms with Crippen molar-refractivity contribution in [3.63, 3.8) is 0 Å². The van der Waals surface area contributed by atoms with Crippen LogP contribution in [-0.2, 0) is 0 Å². The van der Waals surface area contributed by atoms with Crippen molar-refractivity contribution >= 4 is 16.8 Å². The molecular formula is C15H18N2O3. The molecule has 2 aromatic rings. The Bertz CT molecular complexity index is 628. The van der Waals surface area contributed by atoms with Crippen LogP contribution in [0.1, 0.15) is 18.5 Å². The van der Waals surface area contributed by atoms with Crippen molar-refractivity contribution in [1.29, 1.82) is 0 Å². The van der Waals surface area contributed by atoms with Crippen molar-refractivity contribution in [1.82, 2.24) is 10.4 Å². The molecule has 1 unspecified atom stereocenters. The van der Waals surface area contributed by atoms with Crippen LogP contribution in [0, 0.1) is 0 Å². The third-order valence-electron chi connectivity index (χ3n) is 3.34. The molecule has 0 aromatic heterocycles. The number of methoxy groups -OCH3 is 1. The first kappa shape index (κ1) is 14.1. The zero-order chi connectivity index (χ0) is 14.7. The predicted octanol–water partition coefficient (Wildman–Crippen LogP) is 2.94. The van der Waals surface area contributed by atoms with E-state index in [9.17, 15) is 10.0 Å². The van der Waals surface area contributed by atoms with Crippen LogP contribution in [0.5, 0.6) is 5.75 Å². The third kappa shape index (κ3) is 2.67. The van der Waals surface area contributed by atoms with Gasteiger partial charge < -0.3 is 10.1 Å². The molecule has 2 amide bonds. The molecule has 0 aliphatic rings. The molecule has 0 radical (unpaired) electrons. The van der Waals surface area contributed by atoms with Gasteiger partial charge in [0.2, 0.25) is 0 Å². The van der Waals surface area contributed by atoms with E-state index in [-0.39, 0.29) is 0 Å². The van der Waals surface area contributed by atoms with E-state index in [2.05, 4.69) is 5.32 Å². The fourth-order valence-electron chi connectivity index (χ4n) is 2.06. The molecule has 2 aromatic carbocycles. The van der Waals surface area contributed by atoms with Crippen molar-refractivity contribution in [3.05, 3.63) is 42.0 Å². The summed E-state index contributed by atoms with van der Waals surface area (Å²) >= 11 is 0. The lowest BCUT2D eigenvalue weighted by molar-refractivity contribution is -0.0737. The number of carbonyl (C=O) groups is 1. The molecule has 0 bridgehead atoms. The predicted molar refractivity (Wildman–Crippen MR) is 77.0 cm³/mol. The summed E-state index contributed by atoms with van der Waals surface area (Å²) in [6.45, 7) is 1.76. The van der Waals surface area contributed by atoms with Crippen molar-refractivity contribution in [2.45, 2.75) is 13.0 Å². The summed E-state index contributed by atoms with van der Waals surface area (Å²) in [6, 6.07) is 10.6. The van der Waals surface area contributed by atoms with E-state index < -0.39 is 12.1 Å². The molecule has 0 spiro atoms. The fourth-order valence-corrected chi connectivity index (χ4v) is 2.06. The van der Waals surface area contributed by atoms with Crippen LogP contribution >= 0.6 is 0 Å². The van der Waals surface area contributed by atoms with Gasteiger partial charge in [-0.15, -0.1) is 0 Å². The largest absolute Gasteiger partial charge is 0.497 e. The lowest BCUT2D eigenvalue weighted by atomic mass is 10.0. The van der Waals surface area contributed by atoms with Gasteiger partial charge in [0.05, 0.1) is 13.2 Å². The quantitative estimate of drug-likeness (QED) is 0.668. The van der Waals surface area contributed by atoms with Gasteiger partial charge in [-0.3, -0.25) is 5.21 Å². The van der Waals surface area contributed by atoms with Crippen LogP contribution in [0.15, 0.2) is 36.4 Å². The van der Waals surface area contributed by atoms with E-state index in [0.717, 1.165) is 22.1 Å². The lowest BCUT2D eigenvalue weighted by Gasteiger charge is -2.22. The first-order chi connectivity index (χ1) is 9.56. The minimum Gasteiger partial charge on any atom is -0.497 e. The summed E-state index contributed by atoms with van der Waals surface area (Å²) in [5.74, 6) is 0.799. The number of carbonyl (C=O) groups excluding carboxylic acids is 1. The van der Waals surface area contributed by atoms with Gasteiger partial charge in [-0.2, -0.15) is 5.06 Å². The number of ether oxygens (including phenoxy) is 1. The molecule has 0 saturated heterocycles. The first-order valence-corrected chi connectivity index (χ1v) is 6.34. The van der Waals surface area contributed by atoms with Crippen LogP contribution in [0.4, 0.5) is 4.79 Å². The van der Waals surface area contributed by atoms with Crippen molar-refractivity contribution in [3.8, 4) is 5.75 Å². The SMILES string of the molecule is CNC(=O)N(O)C(C)c1ccc2cc(OC)ccc2c1. The van der Waals surface area contributed by atoms with E-state index in [0.29, 0.717) is 5.06 Å². The molecule has 0 aliphatic heterocycles. The minimum absolute atomic E-state index is 0.429. The highest BCUT2D eigenvalue weighted by molar-refractivity contribution is 5.84. The summed E-state index contributed by atoms with van der Waals surface area (Å²) in [7, 11) is 3.11. The standard InChI is InChI=1S/C15H18N2O3/c1-10(17(19)15(18)16-2)11-4-5-13-9-14(20-3)7-6-12(13)8-11/h4-10,19H,1-3H3,(H,16,18). The Morgan fingerprint density at radius 3 is 2.55 bits per heavy atom. The van der Waals surface area contributed by atoms with E-state index in [1.165, 1.54) is 7.05 Å². The van der Waals surface area contributed by atoms with Crippen LogP contribution in [0.3, 0.4) is 0 Å². The van der Waals surface area contributed by atoms with E-state index in [1.54, 1.807) is 14.0 Å². The first-order valence-electron chi connectivity index (χ1n) is 6.34. The minimum atomic E-state index is -0.535. The second-order valence-electron chi connectivity index (χ2n) is 4.55. The smallest absolute Gasteiger partial charge is 0.341 e. The Balaban J connectivity index is 2.34. The van der Waals surface area contributed by atoms with E-state index in [1.807, 2.05) is 36.4 Å². The number of benzene rings is 2. The fraction of sp³-hybridized carbons (Fsp3) is 0.267. The second kappa shape index (κ2) is 5.79. The highest BCUT2D eigenvalue weighted by atomic mass is 16.5. The third-order valence-corrected chi connectivity index (χ3v) is 3.34. The van der Waals surface area contributed by atoms with Gasteiger partial charge in [0.1, 0.15) is 5.75 Å². The number of fused-ring (bicyclic) bond motifs is 1. The molecule has 2 rings (SSSR count). The Morgan fingerprint density at radius 2 is 1.90 bits per heavy atom. The van der Waals surface area contributed by atoms with Gasteiger partial charge in [-0.25, -0.2) is 4.79 Å². The normalized spacial score (nSPS) is 12.0. The number of nitrogens with zero attached hydrogens (tertiary/aromatic N) is 1. The molecule has 1 atom stereocenters. The summed E-state index contributed by atoms with van der Waals surface area (Å²) in [6.07, 6.45) is 0. The van der Waals surface area contributed by atoms with Gasteiger partial charge in [0, 0.05) is 7.05 Å². The molecule has 20 heavy (non-hydrogen) atoms. The van der Waals surface area contributed by atoms with Crippen molar-refractivity contribution in [2.24, 2.45) is 0 Å². The molecule has 5 heteroatoms. The maximum atomic E-state index is 11.4. The Kier molecular flexibility index (Phi) is 4.10. The highest BCUT2D eigenvalue weighted by Crippen LogP contribution is 2.26. The monoisotopic (exact) mass is 274 g/mol. The molecule has 2 N–H and O–H groups in total. The molecule has 0 fully saturated rings. The number of rotatable bonds is 3. The van der Waals surface area contributed by atoms with Gasteiger partial charge in [-0.1, -0.05) is 18.2 Å². The van der Waals surface area contributed by atoms with E-state index >= 15 is 0 Å². The zero-order valence-corrected chi connectivity index (χ0v) is 11.8. The average molecular weight is 274 g/mol. The Labute approximate surface area is 117 Å². The summed E-state index contributed by atoms with van der Waals surface area (Å²) in [5, 5.41) is 14.9. The van der Waals surface area contributed by atoms with E-state index in [4.69, 9.17) is 4.74 Å². The van der Waals surface area contributed by atoms with Crippen LogP contribution < -0.4 is 10.1 Å². The number of hydrogen-bond acceptors (Lipinski definition) is 3. The number of hydroxylamine groups is 2. The number of nitrogens with one attached hydrogen (secondary N) is 1. The summed E-state index contributed by atoms with van der Waals surface area (Å²) in [5.41, 5.74) is 0.855. The molecule has 0 heterocycles. The zero-order valence-electron chi connectivity index (χ0n) is 11.8. The van der Waals surface area contributed by atoms with Crippen LogP contribution in [0.2, 0.25) is 0 Å². The topological polar surface area (TPSA) is 61.8 Å². The Hall–Kier alpha value is -2.27. The average Bonchev–Trinajstić information content (AvgIpc) is 2.51. The molecule has 0 saturated carbocycles.